The lowest BCUT2D eigenvalue weighted by atomic mass is 9.94. The predicted molar refractivity (Wildman–Crippen MR) is 81.0 cm³/mol. The summed E-state index contributed by atoms with van der Waals surface area (Å²) in [7, 11) is 0. The first-order valence-corrected chi connectivity index (χ1v) is 7.41. The number of fused-ring (bicyclic) bond motifs is 1. The molecule has 2 aromatic heterocycles. The number of piperidine rings is 1. The Balaban J connectivity index is 1.99. The normalized spacial score (nSPS) is 23.8. The maximum Gasteiger partial charge on any atom is 0.154 e. The van der Waals surface area contributed by atoms with Crippen molar-refractivity contribution in [1.82, 2.24) is 14.6 Å². The third-order valence-electron chi connectivity index (χ3n) is 4.30. The molecule has 2 aromatic rings. The van der Waals surface area contributed by atoms with Crippen LogP contribution in [0.4, 0.5) is 5.82 Å². The summed E-state index contributed by atoms with van der Waals surface area (Å²) < 4.78 is 1.93. The molecule has 2 N–H and O–H groups in total. The van der Waals surface area contributed by atoms with Crippen molar-refractivity contribution >= 4 is 11.3 Å². The number of aromatic nitrogens is 3. The number of nitrogens with zero attached hydrogens (tertiary/aromatic N) is 4. The van der Waals surface area contributed by atoms with Gasteiger partial charge in [0.2, 0.25) is 0 Å². The van der Waals surface area contributed by atoms with Crippen LogP contribution in [0.5, 0.6) is 0 Å². The van der Waals surface area contributed by atoms with Crippen molar-refractivity contribution in [2.24, 2.45) is 11.7 Å². The van der Waals surface area contributed by atoms with Crippen molar-refractivity contribution in [1.29, 1.82) is 0 Å². The molecule has 3 heterocycles. The molecule has 1 aliphatic rings. The minimum atomic E-state index is 0.221. The standard InChI is InChI=1S/C15H23N5/c1-10(2)13-8-14-15(17-5-7-20(14)18-13)19-6-4-11(3)12(16)9-19/h5,7-8,10-12H,4,6,9,16H2,1-3H3. The van der Waals surface area contributed by atoms with Gasteiger partial charge in [-0.3, -0.25) is 0 Å². The topological polar surface area (TPSA) is 59.5 Å². The molecule has 0 aliphatic carbocycles. The van der Waals surface area contributed by atoms with E-state index < -0.39 is 0 Å². The highest BCUT2D eigenvalue weighted by molar-refractivity contribution is 5.69. The zero-order chi connectivity index (χ0) is 14.3. The minimum absolute atomic E-state index is 0.221. The highest BCUT2D eigenvalue weighted by atomic mass is 15.3. The Bertz CT molecular complexity index is 603. The fraction of sp³-hybridized carbons (Fsp3) is 0.600. The Hall–Kier alpha value is -1.62. The van der Waals surface area contributed by atoms with Gasteiger partial charge in [0.15, 0.2) is 5.82 Å². The van der Waals surface area contributed by atoms with Crippen molar-refractivity contribution in [2.45, 2.75) is 39.2 Å². The van der Waals surface area contributed by atoms with Crippen molar-refractivity contribution in [3.05, 3.63) is 24.2 Å². The van der Waals surface area contributed by atoms with Gasteiger partial charge >= 0.3 is 0 Å². The quantitative estimate of drug-likeness (QED) is 0.909. The first-order chi connectivity index (χ1) is 9.56. The fourth-order valence-corrected chi connectivity index (χ4v) is 2.74. The summed E-state index contributed by atoms with van der Waals surface area (Å²) in [5, 5.41) is 4.62. The second-order valence-corrected chi connectivity index (χ2v) is 6.18. The van der Waals surface area contributed by atoms with Crippen molar-refractivity contribution < 1.29 is 0 Å². The Morgan fingerprint density at radius 2 is 2.20 bits per heavy atom. The molecule has 108 valence electrons. The van der Waals surface area contributed by atoms with Crippen LogP contribution in [0.15, 0.2) is 18.5 Å². The molecule has 1 aliphatic heterocycles. The molecule has 20 heavy (non-hydrogen) atoms. The zero-order valence-corrected chi connectivity index (χ0v) is 12.5. The number of anilines is 1. The molecular formula is C15H23N5. The summed E-state index contributed by atoms with van der Waals surface area (Å²) in [5.41, 5.74) is 8.40. The first-order valence-electron chi connectivity index (χ1n) is 7.41. The molecule has 0 amide bonds. The SMILES string of the molecule is CC(C)c1cc2c(N3CCC(C)C(N)C3)nccn2n1. The second kappa shape index (κ2) is 5.05. The maximum absolute atomic E-state index is 6.21. The van der Waals surface area contributed by atoms with Gasteiger partial charge in [0.05, 0.1) is 5.69 Å². The summed E-state index contributed by atoms with van der Waals surface area (Å²) in [6.07, 6.45) is 4.86. The Labute approximate surface area is 119 Å². The van der Waals surface area contributed by atoms with Gasteiger partial charge in [-0.15, -0.1) is 0 Å². The first kappa shape index (κ1) is 13.4. The lowest BCUT2D eigenvalue weighted by molar-refractivity contribution is 0.378. The Morgan fingerprint density at radius 3 is 2.90 bits per heavy atom. The average molecular weight is 273 g/mol. The van der Waals surface area contributed by atoms with Gasteiger partial charge in [0, 0.05) is 31.5 Å². The number of nitrogens with two attached hydrogens (primary N) is 1. The average Bonchev–Trinajstić information content (AvgIpc) is 2.86. The largest absolute Gasteiger partial charge is 0.353 e. The number of rotatable bonds is 2. The second-order valence-electron chi connectivity index (χ2n) is 6.18. The Kier molecular flexibility index (Phi) is 3.38. The molecule has 5 nitrogen and oxygen atoms in total. The van der Waals surface area contributed by atoms with Gasteiger partial charge < -0.3 is 10.6 Å². The number of hydrogen-bond donors (Lipinski definition) is 1. The molecule has 3 rings (SSSR count). The lowest BCUT2D eigenvalue weighted by Gasteiger charge is -2.35. The molecule has 0 spiro atoms. The molecule has 1 fully saturated rings. The van der Waals surface area contributed by atoms with E-state index in [-0.39, 0.29) is 6.04 Å². The van der Waals surface area contributed by atoms with E-state index in [0.717, 1.165) is 36.5 Å². The van der Waals surface area contributed by atoms with Crippen LogP contribution in [0.1, 0.15) is 38.8 Å². The summed E-state index contributed by atoms with van der Waals surface area (Å²) in [5.74, 6) is 2.02. The van der Waals surface area contributed by atoms with Crippen LogP contribution in [0.25, 0.3) is 5.52 Å². The number of hydrogen-bond acceptors (Lipinski definition) is 4. The molecule has 0 saturated carbocycles. The van der Waals surface area contributed by atoms with Crippen molar-refractivity contribution in [2.75, 3.05) is 18.0 Å². The van der Waals surface area contributed by atoms with Gasteiger partial charge in [0.1, 0.15) is 5.52 Å². The van der Waals surface area contributed by atoms with Crippen LogP contribution in [0, 0.1) is 5.92 Å². The van der Waals surface area contributed by atoms with Gasteiger partial charge in [-0.25, -0.2) is 9.50 Å². The third-order valence-corrected chi connectivity index (χ3v) is 4.30. The lowest BCUT2D eigenvalue weighted by Crippen LogP contribution is -2.48. The van der Waals surface area contributed by atoms with Gasteiger partial charge in [0.25, 0.3) is 0 Å². The smallest absolute Gasteiger partial charge is 0.154 e. The van der Waals surface area contributed by atoms with E-state index in [0.29, 0.717) is 11.8 Å². The molecule has 0 aromatic carbocycles. The van der Waals surface area contributed by atoms with Gasteiger partial charge in [-0.05, 0) is 24.3 Å². The highest BCUT2D eigenvalue weighted by Crippen LogP contribution is 2.26. The van der Waals surface area contributed by atoms with Crippen LogP contribution in [-0.2, 0) is 0 Å². The van der Waals surface area contributed by atoms with Crippen LogP contribution in [0.2, 0.25) is 0 Å². The van der Waals surface area contributed by atoms with E-state index in [1.54, 1.807) is 0 Å². The molecule has 5 heteroatoms. The molecular weight excluding hydrogens is 250 g/mol. The minimum Gasteiger partial charge on any atom is -0.353 e. The van der Waals surface area contributed by atoms with Crippen molar-refractivity contribution in [3.63, 3.8) is 0 Å². The van der Waals surface area contributed by atoms with Crippen LogP contribution < -0.4 is 10.6 Å². The predicted octanol–water partition coefficient (Wildman–Crippen LogP) is 2.03. The third kappa shape index (κ3) is 2.26. The Morgan fingerprint density at radius 1 is 1.40 bits per heavy atom. The van der Waals surface area contributed by atoms with E-state index in [1.807, 2.05) is 16.9 Å². The van der Waals surface area contributed by atoms with E-state index in [1.165, 1.54) is 0 Å². The summed E-state index contributed by atoms with van der Waals surface area (Å²) >= 11 is 0. The zero-order valence-electron chi connectivity index (χ0n) is 12.5. The van der Waals surface area contributed by atoms with E-state index in [9.17, 15) is 0 Å². The fourth-order valence-electron chi connectivity index (χ4n) is 2.74. The maximum atomic E-state index is 6.21. The van der Waals surface area contributed by atoms with E-state index in [4.69, 9.17) is 5.73 Å². The van der Waals surface area contributed by atoms with E-state index in [2.05, 4.69) is 41.8 Å². The van der Waals surface area contributed by atoms with Gasteiger partial charge in [-0.2, -0.15) is 5.10 Å². The molecule has 0 radical (unpaired) electrons. The summed E-state index contributed by atoms with van der Waals surface area (Å²) in [4.78, 5) is 6.87. The molecule has 2 unspecified atom stereocenters. The summed E-state index contributed by atoms with van der Waals surface area (Å²) in [6.45, 7) is 8.44. The monoisotopic (exact) mass is 273 g/mol. The van der Waals surface area contributed by atoms with Crippen LogP contribution >= 0.6 is 0 Å². The highest BCUT2D eigenvalue weighted by Gasteiger charge is 2.25. The summed E-state index contributed by atoms with van der Waals surface area (Å²) in [6, 6.07) is 2.37. The van der Waals surface area contributed by atoms with Crippen LogP contribution in [-0.4, -0.2) is 33.7 Å². The van der Waals surface area contributed by atoms with E-state index >= 15 is 0 Å². The van der Waals surface area contributed by atoms with Crippen LogP contribution in [0.3, 0.4) is 0 Å². The molecule has 1 saturated heterocycles. The molecule has 2 atom stereocenters. The van der Waals surface area contributed by atoms with Gasteiger partial charge in [-0.1, -0.05) is 20.8 Å². The molecule has 0 bridgehead atoms. The van der Waals surface area contributed by atoms with Crippen molar-refractivity contribution in [3.8, 4) is 0 Å².